The molecular weight excluding hydrogens is 204 g/mol. The van der Waals surface area contributed by atoms with Crippen molar-refractivity contribution >= 4 is 18.2 Å². The number of carbonyl (C=O) groups excluding carboxylic acids is 3. The molecule has 0 spiro atoms. The number of aldehydes is 1. The lowest BCUT2D eigenvalue weighted by Gasteiger charge is -2.20. The SMILES string of the molecule is COC(=O)C[C@@]1(CCC=O)OCOC1=O. The fourth-order valence-electron chi connectivity index (χ4n) is 1.37. The molecule has 0 saturated carbocycles. The summed E-state index contributed by atoms with van der Waals surface area (Å²) in [5.41, 5.74) is -1.34. The molecule has 0 aromatic rings. The van der Waals surface area contributed by atoms with Crippen molar-refractivity contribution in [2.75, 3.05) is 13.9 Å². The average molecular weight is 216 g/mol. The van der Waals surface area contributed by atoms with E-state index in [0.717, 1.165) is 0 Å². The zero-order chi connectivity index (χ0) is 11.3. The highest BCUT2D eigenvalue weighted by molar-refractivity contribution is 5.87. The maximum Gasteiger partial charge on any atom is 0.341 e. The monoisotopic (exact) mass is 216 g/mol. The number of hydrogen-bond donors (Lipinski definition) is 0. The van der Waals surface area contributed by atoms with E-state index in [4.69, 9.17) is 4.74 Å². The molecule has 0 aromatic carbocycles. The fourth-order valence-corrected chi connectivity index (χ4v) is 1.37. The van der Waals surface area contributed by atoms with E-state index in [1.54, 1.807) is 0 Å². The molecule has 84 valence electrons. The van der Waals surface area contributed by atoms with E-state index < -0.39 is 17.5 Å². The number of methoxy groups -OCH3 is 1. The largest absolute Gasteiger partial charge is 0.469 e. The quantitative estimate of drug-likeness (QED) is 0.467. The van der Waals surface area contributed by atoms with Crippen LogP contribution in [-0.2, 0) is 28.6 Å². The fraction of sp³-hybridized carbons (Fsp3) is 0.667. The molecule has 1 atom stereocenters. The van der Waals surface area contributed by atoms with Crippen LogP contribution in [0.15, 0.2) is 0 Å². The van der Waals surface area contributed by atoms with E-state index >= 15 is 0 Å². The van der Waals surface area contributed by atoms with Crippen LogP contribution in [0.1, 0.15) is 19.3 Å². The summed E-state index contributed by atoms with van der Waals surface area (Å²) in [6.45, 7) is -0.186. The van der Waals surface area contributed by atoms with Crippen LogP contribution in [0.25, 0.3) is 0 Å². The topological polar surface area (TPSA) is 78.9 Å². The molecule has 1 saturated heterocycles. The Morgan fingerprint density at radius 2 is 2.40 bits per heavy atom. The molecular formula is C9H12O6. The Bertz CT molecular complexity index is 274. The Hall–Kier alpha value is -1.43. The van der Waals surface area contributed by atoms with E-state index in [-0.39, 0.29) is 26.1 Å². The van der Waals surface area contributed by atoms with Crippen molar-refractivity contribution in [3.05, 3.63) is 0 Å². The van der Waals surface area contributed by atoms with Crippen molar-refractivity contribution in [3.8, 4) is 0 Å². The van der Waals surface area contributed by atoms with Gasteiger partial charge in [-0.15, -0.1) is 0 Å². The normalized spacial score (nSPS) is 24.7. The van der Waals surface area contributed by atoms with Crippen molar-refractivity contribution < 1.29 is 28.6 Å². The number of rotatable bonds is 5. The molecule has 1 heterocycles. The Kier molecular flexibility index (Phi) is 3.79. The second kappa shape index (κ2) is 4.88. The van der Waals surface area contributed by atoms with Crippen LogP contribution in [0.5, 0.6) is 0 Å². The van der Waals surface area contributed by atoms with Crippen molar-refractivity contribution in [2.45, 2.75) is 24.9 Å². The van der Waals surface area contributed by atoms with Gasteiger partial charge < -0.3 is 19.0 Å². The lowest BCUT2D eigenvalue weighted by Crippen LogP contribution is -2.39. The maximum absolute atomic E-state index is 11.4. The Morgan fingerprint density at radius 3 is 2.87 bits per heavy atom. The van der Waals surface area contributed by atoms with E-state index in [0.29, 0.717) is 6.29 Å². The standard InChI is InChI=1S/C9H12O6/c1-13-7(11)5-9(3-2-4-10)8(12)14-6-15-9/h4H,2-3,5-6H2,1H3/t9-/m1/s1. The molecule has 0 amide bonds. The van der Waals surface area contributed by atoms with Gasteiger partial charge >= 0.3 is 11.9 Å². The molecule has 0 aromatic heterocycles. The third kappa shape index (κ3) is 2.53. The summed E-state index contributed by atoms with van der Waals surface area (Å²) in [7, 11) is 1.22. The van der Waals surface area contributed by atoms with Gasteiger partial charge in [0.25, 0.3) is 0 Å². The molecule has 0 radical (unpaired) electrons. The van der Waals surface area contributed by atoms with Crippen LogP contribution in [0.4, 0.5) is 0 Å². The van der Waals surface area contributed by atoms with E-state index in [9.17, 15) is 14.4 Å². The van der Waals surface area contributed by atoms with Gasteiger partial charge in [0.1, 0.15) is 6.29 Å². The summed E-state index contributed by atoms with van der Waals surface area (Å²) in [6.07, 6.45) is 0.695. The summed E-state index contributed by atoms with van der Waals surface area (Å²) >= 11 is 0. The summed E-state index contributed by atoms with van der Waals surface area (Å²) in [5, 5.41) is 0. The molecule has 0 N–H and O–H groups in total. The van der Waals surface area contributed by atoms with Crippen molar-refractivity contribution in [2.24, 2.45) is 0 Å². The Balaban J connectivity index is 2.71. The van der Waals surface area contributed by atoms with Crippen LogP contribution in [0.2, 0.25) is 0 Å². The molecule has 1 fully saturated rings. The first-order valence-electron chi connectivity index (χ1n) is 4.46. The molecule has 0 unspecified atom stereocenters. The first-order valence-corrected chi connectivity index (χ1v) is 4.46. The predicted molar refractivity (Wildman–Crippen MR) is 46.7 cm³/mol. The lowest BCUT2D eigenvalue weighted by atomic mass is 9.94. The minimum Gasteiger partial charge on any atom is -0.469 e. The number of hydrogen-bond acceptors (Lipinski definition) is 6. The highest BCUT2D eigenvalue weighted by Crippen LogP contribution is 2.29. The summed E-state index contributed by atoms with van der Waals surface area (Å²) in [5.74, 6) is -1.19. The van der Waals surface area contributed by atoms with Crippen molar-refractivity contribution in [1.82, 2.24) is 0 Å². The molecule has 0 aliphatic carbocycles. The van der Waals surface area contributed by atoms with Crippen LogP contribution in [-0.4, -0.2) is 37.7 Å². The Labute approximate surface area is 86.5 Å². The molecule has 1 rings (SSSR count). The molecule has 6 heteroatoms. The zero-order valence-corrected chi connectivity index (χ0v) is 8.36. The van der Waals surface area contributed by atoms with E-state index in [1.807, 2.05) is 0 Å². The third-order valence-corrected chi connectivity index (χ3v) is 2.22. The number of cyclic esters (lactones) is 1. The Morgan fingerprint density at radius 1 is 1.67 bits per heavy atom. The predicted octanol–water partition coefficient (Wildman–Crippen LogP) is -0.202. The second-order valence-corrected chi connectivity index (χ2v) is 3.15. The number of carbonyl (C=O) groups is 3. The molecule has 15 heavy (non-hydrogen) atoms. The van der Waals surface area contributed by atoms with Gasteiger partial charge in [-0.05, 0) is 6.42 Å². The van der Waals surface area contributed by atoms with Gasteiger partial charge in [-0.3, -0.25) is 4.79 Å². The average Bonchev–Trinajstić information content (AvgIpc) is 2.58. The zero-order valence-electron chi connectivity index (χ0n) is 8.36. The highest BCUT2D eigenvalue weighted by Gasteiger charge is 2.47. The van der Waals surface area contributed by atoms with Crippen LogP contribution in [0.3, 0.4) is 0 Å². The van der Waals surface area contributed by atoms with Gasteiger partial charge in [0.15, 0.2) is 12.4 Å². The smallest absolute Gasteiger partial charge is 0.341 e. The third-order valence-electron chi connectivity index (χ3n) is 2.22. The molecule has 1 aliphatic heterocycles. The van der Waals surface area contributed by atoms with Crippen LogP contribution in [0, 0.1) is 0 Å². The van der Waals surface area contributed by atoms with Gasteiger partial charge in [-0.25, -0.2) is 4.79 Å². The summed E-state index contributed by atoms with van der Waals surface area (Å²) in [4.78, 5) is 32.7. The van der Waals surface area contributed by atoms with Crippen LogP contribution < -0.4 is 0 Å². The van der Waals surface area contributed by atoms with E-state index in [2.05, 4.69) is 9.47 Å². The van der Waals surface area contributed by atoms with Gasteiger partial charge in [0.2, 0.25) is 0 Å². The molecule has 1 aliphatic rings. The van der Waals surface area contributed by atoms with E-state index in [1.165, 1.54) is 7.11 Å². The van der Waals surface area contributed by atoms with Gasteiger partial charge in [-0.1, -0.05) is 0 Å². The maximum atomic E-state index is 11.4. The van der Waals surface area contributed by atoms with Crippen molar-refractivity contribution in [1.29, 1.82) is 0 Å². The lowest BCUT2D eigenvalue weighted by molar-refractivity contribution is -0.154. The van der Waals surface area contributed by atoms with Gasteiger partial charge in [0, 0.05) is 6.42 Å². The highest BCUT2D eigenvalue weighted by atomic mass is 16.7. The number of esters is 2. The minimum absolute atomic E-state index is 0.129. The summed E-state index contributed by atoms with van der Waals surface area (Å²) < 4.78 is 14.2. The van der Waals surface area contributed by atoms with Crippen molar-refractivity contribution in [3.63, 3.8) is 0 Å². The first kappa shape index (κ1) is 11.6. The summed E-state index contributed by atoms with van der Waals surface area (Å²) in [6, 6.07) is 0. The number of ether oxygens (including phenoxy) is 3. The molecule has 6 nitrogen and oxygen atoms in total. The van der Waals surface area contributed by atoms with Crippen LogP contribution >= 0.6 is 0 Å². The minimum atomic E-state index is -1.34. The van der Waals surface area contributed by atoms with Gasteiger partial charge in [-0.2, -0.15) is 0 Å². The van der Waals surface area contributed by atoms with Gasteiger partial charge in [0.05, 0.1) is 13.5 Å². The molecule has 0 bridgehead atoms. The first-order chi connectivity index (χ1) is 7.14. The second-order valence-electron chi connectivity index (χ2n) is 3.15.